The highest BCUT2D eigenvalue weighted by Gasteiger charge is 2.08. The van der Waals surface area contributed by atoms with Crippen LogP contribution in [0.3, 0.4) is 0 Å². The first-order chi connectivity index (χ1) is 10.1. The number of nitrogens with one attached hydrogen (secondary N) is 1. The predicted molar refractivity (Wildman–Crippen MR) is 80.6 cm³/mol. The van der Waals surface area contributed by atoms with Gasteiger partial charge >= 0.3 is 0 Å². The maximum Gasteiger partial charge on any atom is 0.165 e. The van der Waals surface area contributed by atoms with Crippen molar-refractivity contribution >= 4 is 0 Å². The average Bonchev–Trinajstić information content (AvgIpc) is 2.53. The van der Waals surface area contributed by atoms with E-state index in [1.807, 2.05) is 44.3 Å². The molecular formula is C17H20FNO2. The Morgan fingerprint density at radius 2 is 1.81 bits per heavy atom. The SMILES string of the molecule is CNC(C)c1ccc(OCc2ccc(CO)cc2)c(F)c1. The van der Waals surface area contributed by atoms with Crippen molar-refractivity contribution in [1.82, 2.24) is 5.32 Å². The molecule has 3 nitrogen and oxygen atoms in total. The van der Waals surface area contributed by atoms with Crippen LogP contribution in [0, 0.1) is 5.82 Å². The van der Waals surface area contributed by atoms with E-state index < -0.39 is 0 Å². The van der Waals surface area contributed by atoms with Gasteiger partial charge in [0.15, 0.2) is 11.6 Å². The van der Waals surface area contributed by atoms with Crippen LogP contribution in [0.5, 0.6) is 5.75 Å². The van der Waals surface area contributed by atoms with E-state index in [9.17, 15) is 4.39 Å². The van der Waals surface area contributed by atoms with E-state index in [1.54, 1.807) is 6.07 Å². The molecule has 2 N–H and O–H groups in total. The van der Waals surface area contributed by atoms with Gasteiger partial charge in [0.25, 0.3) is 0 Å². The third-order valence-corrected chi connectivity index (χ3v) is 3.49. The zero-order valence-corrected chi connectivity index (χ0v) is 12.3. The molecule has 0 amide bonds. The van der Waals surface area contributed by atoms with Gasteiger partial charge in [0.2, 0.25) is 0 Å². The second-order valence-corrected chi connectivity index (χ2v) is 4.96. The molecule has 2 aromatic rings. The molecule has 0 heterocycles. The van der Waals surface area contributed by atoms with Gasteiger partial charge in [0, 0.05) is 6.04 Å². The molecule has 0 fully saturated rings. The van der Waals surface area contributed by atoms with Gasteiger partial charge in [-0.15, -0.1) is 0 Å². The third-order valence-electron chi connectivity index (χ3n) is 3.49. The van der Waals surface area contributed by atoms with Gasteiger partial charge in [-0.25, -0.2) is 4.39 Å². The zero-order chi connectivity index (χ0) is 15.2. The van der Waals surface area contributed by atoms with E-state index in [1.165, 1.54) is 6.07 Å². The maximum atomic E-state index is 14.0. The molecule has 1 unspecified atom stereocenters. The Bertz CT molecular complexity index is 584. The lowest BCUT2D eigenvalue weighted by molar-refractivity contribution is 0.280. The Morgan fingerprint density at radius 3 is 2.38 bits per heavy atom. The van der Waals surface area contributed by atoms with Gasteiger partial charge in [-0.05, 0) is 42.8 Å². The molecule has 2 aromatic carbocycles. The molecule has 0 aliphatic heterocycles. The standard InChI is InChI=1S/C17H20FNO2/c1-12(19-2)15-7-8-17(16(18)9-15)21-11-14-5-3-13(10-20)4-6-14/h3-9,12,19-20H,10-11H2,1-2H3. The summed E-state index contributed by atoms with van der Waals surface area (Å²) in [5, 5.41) is 12.0. The van der Waals surface area contributed by atoms with Crippen LogP contribution in [0.15, 0.2) is 42.5 Å². The predicted octanol–water partition coefficient (Wildman–Crippen LogP) is 3.18. The molecule has 0 aliphatic carbocycles. The summed E-state index contributed by atoms with van der Waals surface area (Å²) in [5.41, 5.74) is 2.66. The lowest BCUT2D eigenvalue weighted by atomic mass is 10.1. The molecule has 0 saturated carbocycles. The first kappa shape index (κ1) is 15.5. The highest BCUT2D eigenvalue weighted by atomic mass is 19.1. The summed E-state index contributed by atoms with van der Waals surface area (Å²) >= 11 is 0. The smallest absolute Gasteiger partial charge is 0.165 e. The van der Waals surface area contributed by atoms with Crippen molar-refractivity contribution in [3.05, 3.63) is 65.0 Å². The van der Waals surface area contributed by atoms with Crippen molar-refractivity contribution in [2.75, 3.05) is 7.05 Å². The van der Waals surface area contributed by atoms with Crippen LogP contribution in [0.1, 0.15) is 29.7 Å². The minimum absolute atomic E-state index is 0.0148. The quantitative estimate of drug-likeness (QED) is 0.858. The van der Waals surface area contributed by atoms with Crippen molar-refractivity contribution in [2.45, 2.75) is 26.2 Å². The van der Waals surface area contributed by atoms with Crippen molar-refractivity contribution in [2.24, 2.45) is 0 Å². The van der Waals surface area contributed by atoms with Gasteiger partial charge in [-0.3, -0.25) is 0 Å². The number of hydrogen-bond acceptors (Lipinski definition) is 3. The highest BCUT2D eigenvalue weighted by molar-refractivity contribution is 5.31. The number of aliphatic hydroxyl groups is 1. The maximum absolute atomic E-state index is 14.0. The molecule has 21 heavy (non-hydrogen) atoms. The number of benzene rings is 2. The zero-order valence-electron chi connectivity index (χ0n) is 12.3. The van der Waals surface area contributed by atoms with Crippen molar-refractivity contribution in [3.8, 4) is 5.75 Å². The summed E-state index contributed by atoms with van der Waals surface area (Å²) in [6.45, 7) is 2.28. The number of aliphatic hydroxyl groups excluding tert-OH is 1. The second-order valence-electron chi connectivity index (χ2n) is 4.96. The van der Waals surface area contributed by atoms with E-state index in [0.717, 1.165) is 16.7 Å². The summed E-state index contributed by atoms with van der Waals surface area (Å²) < 4.78 is 19.5. The normalized spacial score (nSPS) is 12.2. The number of ether oxygens (including phenoxy) is 1. The molecule has 0 bridgehead atoms. The minimum atomic E-state index is -0.360. The summed E-state index contributed by atoms with van der Waals surface area (Å²) in [6.07, 6.45) is 0. The Balaban J connectivity index is 2.02. The number of hydrogen-bond donors (Lipinski definition) is 2. The van der Waals surface area contributed by atoms with Crippen LogP contribution < -0.4 is 10.1 Å². The molecule has 1 atom stereocenters. The van der Waals surface area contributed by atoms with Crippen LogP contribution in [-0.2, 0) is 13.2 Å². The fraction of sp³-hybridized carbons (Fsp3) is 0.294. The van der Waals surface area contributed by atoms with E-state index in [4.69, 9.17) is 9.84 Å². The van der Waals surface area contributed by atoms with Crippen LogP contribution in [-0.4, -0.2) is 12.2 Å². The van der Waals surface area contributed by atoms with Crippen molar-refractivity contribution in [3.63, 3.8) is 0 Å². The molecule has 0 aliphatic rings. The average molecular weight is 289 g/mol. The summed E-state index contributed by atoms with van der Waals surface area (Å²) in [4.78, 5) is 0. The first-order valence-electron chi connectivity index (χ1n) is 6.92. The fourth-order valence-electron chi connectivity index (χ4n) is 1.97. The van der Waals surface area contributed by atoms with Crippen molar-refractivity contribution in [1.29, 1.82) is 0 Å². The first-order valence-corrected chi connectivity index (χ1v) is 6.92. The largest absolute Gasteiger partial charge is 0.486 e. The third kappa shape index (κ3) is 4.03. The summed E-state index contributed by atoms with van der Waals surface area (Å²) in [5.74, 6) is -0.116. The Kier molecular flexibility index (Phi) is 5.31. The lowest BCUT2D eigenvalue weighted by Gasteiger charge is -2.13. The Labute approximate surface area is 124 Å². The van der Waals surface area contributed by atoms with E-state index in [0.29, 0.717) is 6.61 Å². The van der Waals surface area contributed by atoms with Gasteiger partial charge < -0.3 is 15.2 Å². The summed E-state index contributed by atoms with van der Waals surface area (Å²) in [6, 6.07) is 12.5. The van der Waals surface area contributed by atoms with E-state index in [-0.39, 0.29) is 24.2 Å². The molecule has 112 valence electrons. The van der Waals surface area contributed by atoms with Gasteiger partial charge in [0.05, 0.1) is 6.61 Å². The second kappa shape index (κ2) is 7.20. The molecule has 0 saturated heterocycles. The topological polar surface area (TPSA) is 41.5 Å². The van der Waals surface area contributed by atoms with Gasteiger partial charge in [-0.1, -0.05) is 30.3 Å². The van der Waals surface area contributed by atoms with Gasteiger partial charge in [-0.2, -0.15) is 0 Å². The van der Waals surface area contributed by atoms with Crippen LogP contribution in [0.4, 0.5) is 4.39 Å². The molecule has 2 rings (SSSR count). The molecular weight excluding hydrogens is 269 g/mol. The molecule has 0 spiro atoms. The summed E-state index contributed by atoms with van der Waals surface area (Å²) in [7, 11) is 1.84. The fourth-order valence-corrected chi connectivity index (χ4v) is 1.97. The monoisotopic (exact) mass is 289 g/mol. The van der Waals surface area contributed by atoms with E-state index in [2.05, 4.69) is 5.32 Å². The number of rotatable bonds is 6. The van der Waals surface area contributed by atoms with Crippen LogP contribution >= 0.6 is 0 Å². The van der Waals surface area contributed by atoms with Gasteiger partial charge in [0.1, 0.15) is 6.61 Å². The molecule has 0 aromatic heterocycles. The van der Waals surface area contributed by atoms with E-state index >= 15 is 0 Å². The van der Waals surface area contributed by atoms with Crippen LogP contribution in [0.25, 0.3) is 0 Å². The van der Waals surface area contributed by atoms with Crippen LogP contribution in [0.2, 0.25) is 0 Å². The lowest BCUT2D eigenvalue weighted by Crippen LogP contribution is -2.12. The Morgan fingerprint density at radius 1 is 1.14 bits per heavy atom. The van der Waals surface area contributed by atoms with Crippen molar-refractivity contribution < 1.29 is 14.2 Å². The highest BCUT2D eigenvalue weighted by Crippen LogP contribution is 2.22. The molecule has 4 heteroatoms. The minimum Gasteiger partial charge on any atom is -0.486 e. The number of halogens is 1. The molecule has 0 radical (unpaired) electrons. The Hall–Kier alpha value is -1.91.